The molecule has 1 aromatic heterocycles. The van der Waals surface area contributed by atoms with Crippen LogP contribution < -0.4 is 4.74 Å². The Hall–Kier alpha value is -2.87. The predicted molar refractivity (Wildman–Crippen MR) is 99.1 cm³/mol. The third-order valence-corrected chi connectivity index (χ3v) is 4.02. The van der Waals surface area contributed by atoms with Gasteiger partial charge in [-0.05, 0) is 42.5 Å². The van der Waals surface area contributed by atoms with Gasteiger partial charge in [0.2, 0.25) is 0 Å². The van der Waals surface area contributed by atoms with Crippen LogP contribution in [0.4, 0.5) is 0 Å². The topological polar surface area (TPSA) is 74.6 Å². The molecule has 25 heavy (non-hydrogen) atoms. The molecule has 5 heteroatoms. The van der Waals surface area contributed by atoms with Crippen LogP contribution in [0, 0.1) is 11.3 Å². The average molecular weight is 336 g/mol. The maximum atomic E-state index is 9.11. The number of rotatable bonds is 7. The minimum atomic E-state index is 0.296. The molecular weight excluding hydrogens is 312 g/mol. The van der Waals surface area contributed by atoms with Gasteiger partial charge in [0.05, 0.1) is 0 Å². The number of aromatic nitrogens is 3. The third kappa shape index (κ3) is 4.80. The Morgan fingerprint density at radius 2 is 2.00 bits per heavy atom. The lowest BCUT2D eigenvalue weighted by Crippen LogP contribution is -2.02. The van der Waals surface area contributed by atoms with E-state index in [1.807, 2.05) is 37.3 Å². The molecule has 2 aromatic rings. The van der Waals surface area contributed by atoms with Crippen LogP contribution in [0.2, 0.25) is 0 Å². The lowest BCUT2D eigenvalue weighted by molar-refractivity contribution is 0.348. The number of H-pyrrole nitrogens is 1. The molecule has 0 aliphatic rings. The monoisotopic (exact) mass is 336 g/mol. The number of allylic oxidation sites excluding steroid dienone is 3. The Kier molecular flexibility index (Phi) is 6.53. The van der Waals surface area contributed by atoms with Crippen molar-refractivity contribution in [1.82, 2.24) is 15.4 Å². The fourth-order valence-electron chi connectivity index (χ4n) is 2.39. The molecule has 1 aromatic carbocycles. The Bertz CT molecular complexity index is 792. The lowest BCUT2D eigenvalue weighted by Gasteiger charge is -2.11. The molecule has 0 amide bonds. The van der Waals surface area contributed by atoms with Crippen LogP contribution in [0.25, 0.3) is 5.57 Å². The minimum absolute atomic E-state index is 0.296. The van der Waals surface area contributed by atoms with Gasteiger partial charge in [0.25, 0.3) is 0 Å². The molecule has 0 spiro atoms. The summed E-state index contributed by atoms with van der Waals surface area (Å²) in [5.74, 6) is 1.36. The molecular formula is C20H24N4O. The summed E-state index contributed by atoms with van der Waals surface area (Å²) < 4.78 is 5.91. The van der Waals surface area contributed by atoms with E-state index in [2.05, 4.69) is 48.3 Å². The first kappa shape index (κ1) is 18.5. The highest BCUT2D eigenvalue weighted by Crippen LogP contribution is 2.21. The van der Waals surface area contributed by atoms with Gasteiger partial charge >= 0.3 is 0 Å². The van der Waals surface area contributed by atoms with Crippen LogP contribution in [-0.2, 0) is 0 Å². The molecule has 5 nitrogen and oxygen atoms in total. The van der Waals surface area contributed by atoms with Crippen molar-refractivity contribution in [2.45, 2.75) is 40.0 Å². The van der Waals surface area contributed by atoms with Crippen molar-refractivity contribution in [3.05, 3.63) is 58.9 Å². The zero-order chi connectivity index (χ0) is 18.2. The normalized spacial score (nSPS) is 12.3. The van der Waals surface area contributed by atoms with Gasteiger partial charge in [-0.1, -0.05) is 45.1 Å². The molecule has 1 N–H and O–H groups in total. The van der Waals surface area contributed by atoms with Crippen molar-refractivity contribution in [1.29, 1.82) is 5.26 Å². The Balaban J connectivity index is 2.10. The highest BCUT2D eigenvalue weighted by Gasteiger charge is 2.11. The molecule has 0 bridgehead atoms. The quantitative estimate of drug-likeness (QED) is 0.749. The van der Waals surface area contributed by atoms with Gasteiger partial charge in [-0.25, -0.2) is 0 Å². The lowest BCUT2D eigenvalue weighted by atomic mass is 10.0. The van der Waals surface area contributed by atoms with E-state index >= 15 is 0 Å². The summed E-state index contributed by atoms with van der Waals surface area (Å²) in [5.41, 5.74) is 4.14. The first-order valence-electron chi connectivity index (χ1n) is 8.48. The van der Waals surface area contributed by atoms with Gasteiger partial charge < -0.3 is 4.74 Å². The van der Waals surface area contributed by atoms with E-state index in [0.29, 0.717) is 23.9 Å². The molecule has 0 atom stereocenters. The molecule has 1 heterocycles. The molecule has 0 saturated heterocycles. The van der Waals surface area contributed by atoms with Gasteiger partial charge in [0.1, 0.15) is 24.1 Å². The van der Waals surface area contributed by atoms with Crippen LogP contribution >= 0.6 is 0 Å². The fraction of sp³-hybridized carbons (Fsp3) is 0.350. The number of nitrogens with one attached hydrogen (secondary N) is 1. The maximum Gasteiger partial charge on any atom is 0.190 e. The Labute approximate surface area is 149 Å². The smallest absolute Gasteiger partial charge is 0.190 e. The van der Waals surface area contributed by atoms with Crippen LogP contribution in [-0.4, -0.2) is 22.0 Å². The van der Waals surface area contributed by atoms with E-state index < -0.39 is 0 Å². The molecule has 0 unspecified atom stereocenters. The summed E-state index contributed by atoms with van der Waals surface area (Å²) in [4.78, 5) is 0. The minimum Gasteiger partial charge on any atom is -0.489 e. The summed E-state index contributed by atoms with van der Waals surface area (Å²) in [7, 11) is 0. The summed E-state index contributed by atoms with van der Waals surface area (Å²) in [5, 5.41) is 19.5. The molecule has 0 aliphatic heterocycles. The zero-order valence-electron chi connectivity index (χ0n) is 15.2. The molecule has 2 rings (SSSR count). The second kappa shape index (κ2) is 8.84. The van der Waals surface area contributed by atoms with Gasteiger partial charge in [-0.2, -0.15) is 15.6 Å². The third-order valence-electron chi connectivity index (χ3n) is 4.02. The highest BCUT2D eigenvalue weighted by atomic mass is 16.5. The first-order valence-corrected chi connectivity index (χ1v) is 8.48. The molecule has 130 valence electrons. The molecule has 0 radical (unpaired) electrons. The SMILES string of the molecule is C/C=C(\C=C(/CC)COc1ccc(C(C)C)cc1)c1n[nH]nc1C#N. The summed E-state index contributed by atoms with van der Waals surface area (Å²) >= 11 is 0. The molecule has 0 aliphatic carbocycles. The van der Waals surface area contributed by atoms with Crippen LogP contribution in [0.15, 0.2) is 42.0 Å². The second-order valence-electron chi connectivity index (χ2n) is 6.05. The maximum absolute atomic E-state index is 9.11. The highest BCUT2D eigenvalue weighted by molar-refractivity contribution is 5.74. The number of hydrogen-bond donors (Lipinski definition) is 1. The van der Waals surface area contributed by atoms with Crippen molar-refractivity contribution in [3.8, 4) is 11.8 Å². The summed E-state index contributed by atoms with van der Waals surface area (Å²) in [6.45, 7) is 8.84. The molecule has 0 fully saturated rings. The number of ether oxygens (including phenoxy) is 1. The van der Waals surface area contributed by atoms with Gasteiger partial charge in [-0.15, -0.1) is 5.10 Å². The van der Waals surface area contributed by atoms with Gasteiger partial charge in [-0.3, -0.25) is 0 Å². The Morgan fingerprint density at radius 1 is 1.28 bits per heavy atom. The largest absolute Gasteiger partial charge is 0.489 e. The van der Waals surface area contributed by atoms with E-state index in [1.165, 1.54) is 5.56 Å². The number of nitriles is 1. The van der Waals surface area contributed by atoms with Crippen LogP contribution in [0.5, 0.6) is 5.75 Å². The van der Waals surface area contributed by atoms with Crippen LogP contribution in [0.3, 0.4) is 0 Å². The molecule has 0 saturated carbocycles. The zero-order valence-corrected chi connectivity index (χ0v) is 15.2. The number of nitrogens with zero attached hydrogens (tertiary/aromatic N) is 3. The Morgan fingerprint density at radius 3 is 2.56 bits per heavy atom. The van der Waals surface area contributed by atoms with E-state index in [0.717, 1.165) is 23.3 Å². The number of benzene rings is 1. The first-order chi connectivity index (χ1) is 12.1. The second-order valence-corrected chi connectivity index (χ2v) is 6.05. The number of hydrogen-bond acceptors (Lipinski definition) is 4. The van der Waals surface area contributed by atoms with Crippen molar-refractivity contribution >= 4 is 5.57 Å². The van der Waals surface area contributed by atoms with E-state index in [1.54, 1.807) is 0 Å². The van der Waals surface area contributed by atoms with Crippen molar-refractivity contribution < 1.29 is 4.74 Å². The number of aromatic amines is 1. The predicted octanol–water partition coefficient (Wildman–Crippen LogP) is 4.62. The standard InChI is InChI=1S/C20H24N4O/c1-5-15(11-16(6-2)20-19(12-21)22-24-23-20)13-25-18-9-7-17(8-10-18)14(3)4/h6-11,14H,5,13H2,1-4H3,(H,22,23,24)/b15-11+,16-6+. The average Bonchev–Trinajstić information content (AvgIpc) is 3.11. The summed E-state index contributed by atoms with van der Waals surface area (Å²) in [6.07, 6.45) is 4.79. The van der Waals surface area contributed by atoms with E-state index in [-0.39, 0.29) is 0 Å². The van der Waals surface area contributed by atoms with E-state index in [9.17, 15) is 0 Å². The van der Waals surface area contributed by atoms with Crippen molar-refractivity contribution in [2.75, 3.05) is 6.61 Å². The van der Waals surface area contributed by atoms with Crippen molar-refractivity contribution in [3.63, 3.8) is 0 Å². The van der Waals surface area contributed by atoms with Gasteiger partial charge in [0, 0.05) is 5.57 Å². The summed E-state index contributed by atoms with van der Waals surface area (Å²) in [6, 6.07) is 10.3. The van der Waals surface area contributed by atoms with Crippen LogP contribution in [0.1, 0.15) is 57.0 Å². The van der Waals surface area contributed by atoms with Crippen molar-refractivity contribution in [2.24, 2.45) is 0 Å². The fourth-order valence-corrected chi connectivity index (χ4v) is 2.39. The van der Waals surface area contributed by atoms with E-state index in [4.69, 9.17) is 10.00 Å². The van der Waals surface area contributed by atoms with Gasteiger partial charge in [0.15, 0.2) is 5.69 Å².